The molecule has 0 bridgehead atoms. The first-order valence-electron chi connectivity index (χ1n) is 9.11. The summed E-state index contributed by atoms with van der Waals surface area (Å²) in [6, 6.07) is 7.99. The second-order valence-corrected chi connectivity index (χ2v) is 6.61. The Balaban J connectivity index is 1.68. The van der Waals surface area contributed by atoms with Crippen molar-refractivity contribution in [2.45, 2.75) is 46.3 Å². The Morgan fingerprint density at radius 3 is 2.81 bits per heavy atom. The van der Waals surface area contributed by atoms with E-state index in [1.807, 2.05) is 37.4 Å². The zero-order valence-corrected chi connectivity index (χ0v) is 15.8. The highest BCUT2D eigenvalue weighted by Gasteiger charge is 2.20. The molecule has 2 heterocycles. The van der Waals surface area contributed by atoms with Crippen LogP contribution in [0.5, 0.6) is 0 Å². The normalized spacial score (nSPS) is 11.1. The molecule has 27 heavy (non-hydrogen) atoms. The van der Waals surface area contributed by atoms with Crippen LogP contribution in [-0.4, -0.2) is 32.7 Å². The maximum atomic E-state index is 12.4. The number of esters is 1. The van der Waals surface area contributed by atoms with Gasteiger partial charge in [0.1, 0.15) is 0 Å². The molecule has 0 aliphatic rings. The molecular formula is C20H24N4O3. The molecule has 3 aromatic rings. The summed E-state index contributed by atoms with van der Waals surface area (Å²) in [5.74, 6) is -0.710. The highest BCUT2D eigenvalue weighted by molar-refractivity contribution is 6.00. The number of hydrogen-bond acceptors (Lipinski definition) is 4. The van der Waals surface area contributed by atoms with Crippen LogP contribution in [0.4, 0.5) is 5.69 Å². The summed E-state index contributed by atoms with van der Waals surface area (Å²) < 4.78 is 6.82. The molecule has 0 aliphatic heterocycles. The Hall–Kier alpha value is -3.09. The van der Waals surface area contributed by atoms with Crippen molar-refractivity contribution in [1.29, 1.82) is 0 Å². The lowest BCUT2D eigenvalue weighted by Crippen LogP contribution is -2.17. The number of aromatic nitrogens is 3. The third-order valence-electron chi connectivity index (χ3n) is 4.19. The lowest BCUT2D eigenvalue weighted by molar-refractivity contribution is -0.116. The van der Waals surface area contributed by atoms with Gasteiger partial charge in [0.25, 0.3) is 0 Å². The van der Waals surface area contributed by atoms with E-state index in [4.69, 9.17) is 4.74 Å². The van der Waals surface area contributed by atoms with Crippen molar-refractivity contribution in [3.05, 3.63) is 47.9 Å². The number of nitrogens with one attached hydrogen (secondary N) is 2. The molecule has 1 aromatic carbocycles. The van der Waals surface area contributed by atoms with Crippen molar-refractivity contribution in [1.82, 2.24) is 14.8 Å². The van der Waals surface area contributed by atoms with Crippen molar-refractivity contribution in [3.8, 4) is 0 Å². The van der Waals surface area contributed by atoms with Crippen LogP contribution in [-0.2, 0) is 22.5 Å². The van der Waals surface area contributed by atoms with Crippen molar-refractivity contribution >= 4 is 28.5 Å². The summed E-state index contributed by atoms with van der Waals surface area (Å²) in [5.41, 5.74) is 2.65. The minimum Gasteiger partial charge on any atom is -0.458 e. The number of fused-ring (bicyclic) bond motifs is 1. The average molecular weight is 368 g/mol. The van der Waals surface area contributed by atoms with E-state index in [1.165, 1.54) is 0 Å². The van der Waals surface area contributed by atoms with Gasteiger partial charge in [0, 0.05) is 36.3 Å². The molecule has 0 spiro atoms. The molecule has 0 saturated carbocycles. The van der Waals surface area contributed by atoms with E-state index >= 15 is 0 Å². The second kappa shape index (κ2) is 8.07. The van der Waals surface area contributed by atoms with Crippen LogP contribution >= 0.6 is 0 Å². The number of carbonyl (C=O) groups is 2. The Morgan fingerprint density at radius 2 is 2.07 bits per heavy atom. The SMILES string of the molecule is CCn1cc(NC(=O)CCc2c[nH]c3ccccc23)c(C(=O)OC(C)C)n1. The van der Waals surface area contributed by atoms with Crippen LogP contribution < -0.4 is 5.32 Å². The maximum absolute atomic E-state index is 12.4. The van der Waals surface area contributed by atoms with Crippen molar-refractivity contribution in [2.75, 3.05) is 5.32 Å². The summed E-state index contributed by atoms with van der Waals surface area (Å²) in [6.07, 6.45) is 4.23. The van der Waals surface area contributed by atoms with Crippen LogP contribution in [0.15, 0.2) is 36.7 Å². The highest BCUT2D eigenvalue weighted by atomic mass is 16.5. The number of amides is 1. The molecule has 0 unspecified atom stereocenters. The number of aromatic amines is 1. The zero-order chi connectivity index (χ0) is 19.4. The van der Waals surface area contributed by atoms with Gasteiger partial charge in [-0.1, -0.05) is 18.2 Å². The standard InChI is InChI=1S/C20H24N4O3/c1-4-24-12-17(19(23-24)20(26)27-13(2)3)22-18(25)10-9-14-11-21-16-8-6-5-7-15(14)16/h5-8,11-13,21H,4,9-10H2,1-3H3,(H,22,25). The Kier molecular flexibility index (Phi) is 5.59. The van der Waals surface area contributed by atoms with Crippen molar-refractivity contribution in [2.24, 2.45) is 0 Å². The number of rotatable bonds is 7. The summed E-state index contributed by atoms with van der Waals surface area (Å²) >= 11 is 0. The molecule has 0 fully saturated rings. The van der Waals surface area contributed by atoms with Crippen LogP contribution in [0.25, 0.3) is 10.9 Å². The predicted molar refractivity (Wildman–Crippen MR) is 104 cm³/mol. The first-order valence-corrected chi connectivity index (χ1v) is 9.11. The summed E-state index contributed by atoms with van der Waals surface area (Å²) in [4.78, 5) is 27.9. The first kappa shape index (κ1) is 18.7. The highest BCUT2D eigenvalue weighted by Crippen LogP contribution is 2.20. The molecule has 7 heteroatoms. The molecular weight excluding hydrogens is 344 g/mol. The molecule has 7 nitrogen and oxygen atoms in total. The van der Waals surface area contributed by atoms with Crippen molar-refractivity contribution < 1.29 is 14.3 Å². The Labute approximate surface area is 157 Å². The number of anilines is 1. The Bertz CT molecular complexity index is 955. The fourth-order valence-corrected chi connectivity index (χ4v) is 2.89. The van der Waals surface area contributed by atoms with E-state index < -0.39 is 5.97 Å². The lowest BCUT2D eigenvalue weighted by Gasteiger charge is -2.08. The molecule has 0 atom stereocenters. The molecule has 1 amide bonds. The third kappa shape index (κ3) is 4.36. The second-order valence-electron chi connectivity index (χ2n) is 6.61. The number of H-pyrrole nitrogens is 1. The number of benzene rings is 1. The topological polar surface area (TPSA) is 89.0 Å². The zero-order valence-electron chi connectivity index (χ0n) is 15.8. The molecule has 0 aliphatic carbocycles. The van der Waals surface area contributed by atoms with Gasteiger partial charge in [0.05, 0.1) is 11.8 Å². The summed E-state index contributed by atoms with van der Waals surface area (Å²) in [7, 11) is 0. The number of aryl methyl sites for hydroxylation is 2. The third-order valence-corrected chi connectivity index (χ3v) is 4.19. The molecule has 0 saturated heterocycles. The largest absolute Gasteiger partial charge is 0.458 e. The minimum absolute atomic E-state index is 0.131. The number of para-hydroxylation sites is 1. The predicted octanol–water partition coefficient (Wildman–Crippen LogP) is 3.52. The molecule has 2 aromatic heterocycles. The van der Waals surface area contributed by atoms with E-state index in [0.717, 1.165) is 16.5 Å². The Morgan fingerprint density at radius 1 is 1.30 bits per heavy atom. The van der Waals surface area contributed by atoms with E-state index in [-0.39, 0.29) is 17.7 Å². The average Bonchev–Trinajstić information content (AvgIpc) is 3.23. The van der Waals surface area contributed by atoms with Gasteiger partial charge >= 0.3 is 5.97 Å². The number of nitrogens with zero attached hydrogens (tertiary/aromatic N) is 2. The van der Waals surface area contributed by atoms with Crippen LogP contribution in [0.1, 0.15) is 43.2 Å². The monoisotopic (exact) mass is 368 g/mol. The van der Waals surface area contributed by atoms with Gasteiger partial charge in [-0.2, -0.15) is 5.10 Å². The van der Waals surface area contributed by atoms with E-state index in [0.29, 0.717) is 25.1 Å². The van der Waals surface area contributed by atoms with Gasteiger partial charge in [0.2, 0.25) is 5.91 Å². The lowest BCUT2D eigenvalue weighted by atomic mass is 10.1. The molecule has 2 N–H and O–H groups in total. The molecule has 142 valence electrons. The van der Waals surface area contributed by atoms with Gasteiger partial charge in [-0.25, -0.2) is 4.79 Å². The van der Waals surface area contributed by atoms with Crippen LogP contribution in [0.3, 0.4) is 0 Å². The number of ether oxygens (including phenoxy) is 1. The number of hydrogen-bond donors (Lipinski definition) is 2. The van der Waals surface area contributed by atoms with Crippen molar-refractivity contribution in [3.63, 3.8) is 0 Å². The fourth-order valence-electron chi connectivity index (χ4n) is 2.89. The van der Waals surface area contributed by atoms with Gasteiger partial charge in [0.15, 0.2) is 5.69 Å². The van der Waals surface area contributed by atoms with E-state index in [2.05, 4.69) is 15.4 Å². The smallest absolute Gasteiger partial charge is 0.361 e. The fraction of sp³-hybridized carbons (Fsp3) is 0.350. The quantitative estimate of drug-likeness (QED) is 0.625. The van der Waals surface area contributed by atoms with Gasteiger partial charge in [-0.05, 0) is 38.8 Å². The van der Waals surface area contributed by atoms with Gasteiger partial charge < -0.3 is 15.0 Å². The van der Waals surface area contributed by atoms with Gasteiger partial charge in [-0.15, -0.1) is 0 Å². The van der Waals surface area contributed by atoms with Gasteiger partial charge in [-0.3, -0.25) is 9.48 Å². The van der Waals surface area contributed by atoms with Crippen LogP contribution in [0.2, 0.25) is 0 Å². The summed E-state index contributed by atoms with van der Waals surface area (Å²) in [5, 5.41) is 8.12. The summed E-state index contributed by atoms with van der Waals surface area (Å²) in [6.45, 7) is 6.04. The number of carbonyl (C=O) groups excluding carboxylic acids is 2. The molecule has 0 radical (unpaired) electrons. The van der Waals surface area contributed by atoms with E-state index in [1.54, 1.807) is 24.7 Å². The maximum Gasteiger partial charge on any atom is 0.361 e. The minimum atomic E-state index is -0.538. The first-order chi connectivity index (χ1) is 13.0. The molecule has 3 rings (SSSR count). The van der Waals surface area contributed by atoms with Crippen LogP contribution in [0, 0.1) is 0 Å². The van der Waals surface area contributed by atoms with E-state index in [9.17, 15) is 9.59 Å².